The van der Waals surface area contributed by atoms with Gasteiger partial charge in [-0.1, -0.05) is 26.8 Å². The van der Waals surface area contributed by atoms with E-state index in [4.69, 9.17) is 10.8 Å². The number of aliphatic hydroxyl groups excluding tert-OH is 1. The second kappa shape index (κ2) is 4.07. The molecule has 1 heterocycles. The summed E-state index contributed by atoms with van der Waals surface area (Å²) in [6.45, 7) is 6.26. The first-order valence-electron chi connectivity index (χ1n) is 4.76. The Morgan fingerprint density at radius 2 is 2.07 bits per heavy atom. The van der Waals surface area contributed by atoms with Crippen molar-refractivity contribution in [2.75, 3.05) is 0 Å². The number of aromatic nitrogens is 1. The zero-order valence-electron chi connectivity index (χ0n) is 8.99. The lowest BCUT2D eigenvalue weighted by Crippen LogP contribution is -2.26. The second-order valence-electron chi connectivity index (χ2n) is 4.58. The number of hydrogen-bond acceptors (Lipinski definition) is 3. The van der Waals surface area contributed by atoms with Gasteiger partial charge in [-0.2, -0.15) is 0 Å². The van der Waals surface area contributed by atoms with Crippen molar-refractivity contribution in [3.8, 4) is 0 Å². The van der Waals surface area contributed by atoms with Crippen molar-refractivity contribution in [1.29, 1.82) is 0 Å². The van der Waals surface area contributed by atoms with E-state index in [1.54, 1.807) is 12.3 Å². The molecule has 3 nitrogen and oxygen atoms in total. The predicted molar refractivity (Wildman–Crippen MR) is 56.5 cm³/mol. The molecule has 0 aromatic carbocycles. The van der Waals surface area contributed by atoms with Crippen LogP contribution in [0.5, 0.6) is 0 Å². The van der Waals surface area contributed by atoms with Gasteiger partial charge >= 0.3 is 0 Å². The molecule has 3 N–H and O–H groups in total. The molecule has 0 aliphatic heterocycles. The topological polar surface area (TPSA) is 59.1 Å². The van der Waals surface area contributed by atoms with Crippen molar-refractivity contribution in [1.82, 2.24) is 4.98 Å². The monoisotopic (exact) mass is 194 g/mol. The average molecular weight is 194 g/mol. The fraction of sp³-hybridized carbons (Fsp3) is 0.545. The molecule has 0 unspecified atom stereocenters. The van der Waals surface area contributed by atoms with Crippen molar-refractivity contribution in [2.45, 2.75) is 33.4 Å². The van der Waals surface area contributed by atoms with Gasteiger partial charge in [-0.15, -0.1) is 0 Å². The van der Waals surface area contributed by atoms with Gasteiger partial charge in [0, 0.05) is 12.2 Å². The van der Waals surface area contributed by atoms with Crippen LogP contribution in [-0.2, 0) is 6.61 Å². The molecule has 1 atom stereocenters. The van der Waals surface area contributed by atoms with Crippen LogP contribution in [-0.4, -0.2) is 10.1 Å². The Bertz CT molecular complexity index is 287. The molecule has 3 heteroatoms. The number of pyridine rings is 1. The summed E-state index contributed by atoms with van der Waals surface area (Å²) in [6.07, 6.45) is 1.74. The Morgan fingerprint density at radius 1 is 1.43 bits per heavy atom. The number of nitrogens with zero attached hydrogens (tertiary/aromatic N) is 1. The number of rotatable bonds is 2. The first-order chi connectivity index (χ1) is 6.45. The molecule has 0 bridgehead atoms. The van der Waals surface area contributed by atoms with Gasteiger partial charge in [0.15, 0.2) is 0 Å². The van der Waals surface area contributed by atoms with Gasteiger partial charge in [0.2, 0.25) is 0 Å². The predicted octanol–water partition coefficient (Wildman–Crippen LogP) is 1.62. The zero-order chi connectivity index (χ0) is 10.8. The Balaban J connectivity index is 2.87. The Morgan fingerprint density at radius 3 is 2.43 bits per heavy atom. The summed E-state index contributed by atoms with van der Waals surface area (Å²) in [5.41, 5.74) is 7.78. The van der Waals surface area contributed by atoms with Gasteiger partial charge in [-0.3, -0.25) is 4.98 Å². The molecule has 0 amide bonds. The minimum absolute atomic E-state index is 0.0228. The largest absolute Gasteiger partial charge is 0.390 e. The molecule has 0 spiro atoms. The van der Waals surface area contributed by atoms with Gasteiger partial charge in [0.05, 0.1) is 12.3 Å². The molecule has 0 saturated heterocycles. The third-order valence-electron chi connectivity index (χ3n) is 2.30. The van der Waals surface area contributed by atoms with Gasteiger partial charge in [-0.05, 0) is 17.0 Å². The average Bonchev–Trinajstić information content (AvgIpc) is 2.15. The third-order valence-corrected chi connectivity index (χ3v) is 2.30. The van der Waals surface area contributed by atoms with E-state index in [9.17, 15) is 0 Å². The van der Waals surface area contributed by atoms with Crippen LogP contribution in [0.25, 0.3) is 0 Å². The van der Waals surface area contributed by atoms with Crippen LogP contribution in [0, 0.1) is 5.41 Å². The first kappa shape index (κ1) is 11.1. The second-order valence-corrected chi connectivity index (χ2v) is 4.58. The fourth-order valence-electron chi connectivity index (χ4n) is 1.21. The van der Waals surface area contributed by atoms with Crippen LogP contribution in [0.2, 0.25) is 0 Å². The van der Waals surface area contributed by atoms with Crippen LogP contribution in [0.3, 0.4) is 0 Å². The number of aliphatic hydroxyl groups is 1. The van der Waals surface area contributed by atoms with Crippen LogP contribution >= 0.6 is 0 Å². The highest BCUT2D eigenvalue weighted by molar-refractivity contribution is 5.18. The highest BCUT2D eigenvalue weighted by Gasteiger charge is 2.22. The fourth-order valence-corrected chi connectivity index (χ4v) is 1.21. The van der Waals surface area contributed by atoms with Crippen molar-refractivity contribution >= 4 is 0 Å². The summed E-state index contributed by atoms with van der Waals surface area (Å²) < 4.78 is 0. The standard InChI is InChI=1S/C11H18N2O/c1-11(2,3)10(12)8-4-5-9(7-14)13-6-8/h4-6,10,14H,7,12H2,1-3H3/t10-/m1/s1. The van der Waals surface area contributed by atoms with E-state index >= 15 is 0 Å². The van der Waals surface area contributed by atoms with E-state index in [1.807, 2.05) is 6.07 Å². The minimum atomic E-state index is -0.0252. The van der Waals surface area contributed by atoms with Crippen molar-refractivity contribution in [2.24, 2.45) is 11.1 Å². The zero-order valence-corrected chi connectivity index (χ0v) is 8.99. The molecule has 78 valence electrons. The van der Waals surface area contributed by atoms with Gasteiger partial charge in [0.1, 0.15) is 0 Å². The van der Waals surface area contributed by atoms with Gasteiger partial charge in [-0.25, -0.2) is 0 Å². The Kier molecular flexibility index (Phi) is 3.24. The first-order valence-corrected chi connectivity index (χ1v) is 4.76. The summed E-state index contributed by atoms with van der Waals surface area (Å²) in [5, 5.41) is 8.83. The van der Waals surface area contributed by atoms with E-state index in [1.165, 1.54) is 0 Å². The molecule has 0 fully saturated rings. The summed E-state index contributed by atoms with van der Waals surface area (Å²) in [7, 11) is 0. The quantitative estimate of drug-likeness (QED) is 0.752. The lowest BCUT2D eigenvalue weighted by atomic mass is 9.84. The Hall–Kier alpha value is -0.930. The summed E-state index contributed by atoms with van der Waals surface area (Å²) >= 11 is 0. The smallest absolute Gasteiger partial charge is 0.0852 e. The van der Waals surface area contributed by atoms with Gasteiger partial charge in [0.25, 0.3) is 0 Å². The lowest BCUT2D eigenvalue weighted by molar-refractivity contribution is 0.276. The van der Waals surface area contributed by atoms with E-state index in [2.05, 4.69) is 25.8 Å². The van der Waals surface area contributed by atoms with E-state index in [0.29, 0.717) is 5.69 Å². The molecule has 0 radical (unpaired) electrons. The van der Waals surface area contributed by atoms with E-state index < -0.39 is 0 Å². The SMILES string of the molecule is CC(C)(C)[C@H](N)c1ccc(CO)nc1. The Labute approximate surface area is 85.0 Å². The molecular formula is C11H18N2O. The maximum Gasteiger partial charge on any atom is 0.0852 e. The van der Waals surface area contributed by atoms with Gasteiger partial charge < -0.3 is 10.8 Å². The summed E-state index contributed by atoms with van der Waals surface area (Å²) in [4.78, 5) is 4.10. The van der Waals surface area contributed by atoms with E-state index in [-0.39, 0.29) is 18.1 Å². The van der Waals surface area contributed by atoms with Crippen molar-refractivity contribution in [3.05, 3.63) is 29.6 Å². The molecular weight excluding hydrogens is 176 g/mol. The number of hydrogen-bond donors (Lipinski definition) is 2. The molecule has 1 rings (SSSR count). The minimum Gasteiger partial charge on any atom is -0.390 e. The maximum atomic E-state index is 8.83. The van der Waals surface area contributed by atoms with Crippen LogP contribution in [0.1, 0.15) is 38.1 Å². The summed E-state index contributed by atoms with van der Waals surface area (Å²) in [6, 6.07) is 3.71. The van der Waals surface area contributed by atoms with Crippen molar-refractivity contribution < 1.29 is 5.11 Å². The molecule has 0 saturated carbocycles. The maximum absolute atomic E-state index is 8.83. The lowest BCUT2D eigenvalue weighted by Gasteiger charge is -2.27. The molecule has 1 aromatic rings. The highest BCUT2D eigenvalue weighted by atomic mass is 16.3. The normalized spacial score (nSPS) is 14.1. The highest BCUT2D eigenvalue weighted by Crippen LogP contribution is 2.29. The molecule has 14 heavy (non-hydrogen) atoms. The third kappa shape index (κ3) is 2.53. The van der Waals surface area contributed by atoms with Crippen LogP contribution in [0.15, 0.2) is 18.3 Å². The molecule has 0 aliphatic rings. The summed E-state index contributed by atoms with van der Waals surface area (Å²) in [5.74, 6) is 0. The van der Waals surface area contributed by atoms with E-state index in [0.717, 1.165) is 5.56 Å². The van der Waals surface area contributed by atoms with Crippen molar-refractivity contribution in [3.63, 3.8) is 0 Å². The molecule has 0 aliphatic carbocycles. The molecule has 1 aromatic heterocycles. The van der Waals surface area contributed by atoms with Crippen LogP contribution < -0.4 is 5.73 Å². The number of nitrogens with two attached hydrogens (primary N) is 1. The van der Waals surface area contributed by atoms with Crippen LogP contribution in [0.4, 0.5) is 0 Å².